The second-order valence-electron chi connectivity index (χ2n) is 7.24. The molecule has 0 bridgehead atoms. The second kappa shape index (κ2) is 7.80. The Bertz CT molecular complexity index is 1110. The fraction of sp³-hybridized carbons (Fsp3) is 0.318. The van der Waals surface area contributed by atoms with Crippen LogP contribution in [0.15, 0.2) is 52.4 Å². The van der Waals surface area contributed by atoms with Gasteiger partial charge in [-0.2, -0.15) is 0 Å². The third-order valence-corrected chi connectivity index (χ3v) is 6.29. The van der Waals surface area contributed by atoms with E-state index in [0.29, 0.717) is 22.6 Å². The molecule has 1 fully saturated rings. The third kappa shape index (κ3) is 3.56. The van der Waals surface area contributed by atoms with Crippen LogP contribution in [0.1, 0.15) is 30.4 Å². The van der Waals surface area contributed by atoms with Crippen molar-refractivity contribution in [1.29, 1.82) is 0 Å². The van der Waals surface area contributed by atoms with Crippen LogP contribution in [0.4, 0.5) is 0 Å². The van der Waals surface area contributed by atoms with E-state index >= 15 is 0 Å². The number of hydrogen-bond acceptors (Lipinski definition) is 4. The molecule has 1 aliphatic heterocycles. The van der Waals surface area contributed by atoms with E-state index in [9.17, 15) is 9.59 Å². The molecule has 1 amide bonds. The highest BCUT2D eigenvalue weighted by Gasteiger charge is 2.25. The van der Waals surface area contributed by atoms with Crippen molar-refractivity contribution in [2.45, 2.75) is 43.5 Å². The SMILES string of the molecule is Cc1ccc(-n2c(S[C@@H]3CCCCNC3=O)nc3ccccc3c2=O)c(C)c1. The van der Waals surface area contributed by atoms with Gasteiger partial charge in [-0.3, -0.25) is 14.2 Å². The van der Waals surface area contributed by atoms with Crippen LogP contribution < -0.4 is 10.9 Å². The van der Waals surface area contributed by atoms with Crippen LogP contribution in [0.25, 0.3) is 16.6 Å². The van der Waals surface area contributed by atoms with Gasteiger partial charge in [0.1, 0.15) is 0 Å². The number of nitrogens with zero attached hydrogens (tertiary/aromatic N) is 2. The number of fused-ring (bicyclic) bond motifs is 1. The van der Waals surface area contributed by atoms with E-state index in [0.717, 1.165) is 36.1 Å². The van der Waals surface area contributed by atoms with E-state index in [2.05, 4.69) is 11.4 Å². The molecule has 1 saturated heterocycles. The predicted molar refractivity (Wildman–Crippen MR) is 113 cm³/mol. The molecule has 2 heterocycles. The summed E-state index contributed by atoms with van der Waals surface area (Å²) in [5.74, 6) is 0.0251. The highest BCUT2D eigenvalue weighted by molar-refractivity contribution is 8.00. The standard InChI is InChI=1S/C22H23N3O2S/c1-14-10-11-18(15(2)13-14)25-21(27)16-7-3-4-8-17(16)24-22(25)28-19-9-5-6-12-23-20(19)26/h3-4,7-8,10-11,13,19H,5-6,9,12H2,1-2H3,(H,23,26)/t19-/m1/s1. The number of rotatable bonds is 3. The van der Waals surface area contributed by atoms with E-state index in [4.69, 9.17) is 4.98 Å². The summed E-state index contributed by atoms with van der Waals surface area (Å²) < 4.78 is 1.67. The average Bonchev–Trinajstić information content (AvgIpc) is 2.88. The van der Waals surface area contributed by atoms with Crippen molar-refractivity contribution in [2.24, 2.45) is 0 Å². The Morgan fingerprint density at radius 1 is 1.11 bits per heavy atom. The van der Waals surface area contributed by atoms with Crippen LogP contribution in [0.3, 0.4) is 0 Å². The average molecular weight is 394 g/mol. The number of hydrogen-bond donors (Lipinski definition) is 1. The fourth-order valence-electron chi connectivity index (χ4n) is 3.61. The van der Waals surface area contributed by atoms with E-state index in [-0.39, 0.29) is 16.7 Å². The van der Waals surface area contributed by atoms with Gasteiger partial charge in [0.2, 0.25) is 5.91 Å². The van der Waals surface area contributed by atoms with Gasteiger partial charge < -0.3 is 5.32 Å². The molecule has 2 aromatic carbocycles. The number of benzene rings is 2. The first-order chi connectivity index (χ1) is 13.5. The molecule has 0 radical (unpaired) electrons. The lowest BCUT2D eigenvalue weighted by molar-refractivity contribution is -0.120. The van der Waals surface area contributed by atoms with Crippen LogP contribution in [0.2, 0.25) is 0 Å². The summed E-state index contributed by atoms with van der Waals surface area (Å²) in [4.78, 5) is 30.6. The summed E-state index contributed by atoms with van der Waals surface area (Å²) in [6.07, 6.45) is 2.75. The third-order valence-electron chi connectivity index (χ3n) is 5.07. The Balaban J connectivity index is 1.90. The van der Waals surface area contributed by atoms with E-state index in [1.165, 1.54) is 11.8 Å². The van der Waals surface area contributed by atoms with Gasteiger partial charge in [0.15, 0.2) is 5.16 Å². The summed E-state index contributed by atoms with van der Waals surface area (Å²) in [7, 11) is 0. The van der Waals surface area contributed by atoms with Gasteiger partial charge in [-0.05, 0) is 50.5 Å². The lowest BCUT2D eigenvalue weighted by atomic mass is 10.1. The molecule has 0 saturated carbocycles. The highest BCUT2D eigenvalue weighted by Crippen LogP contribution is 2.29. The number of amides is 1. The molecule has 0 unspecified atom stereocenters. The molecule has 3 aromatic rings. The highest BCUT2D eigenvalue weighted by atomic mass is 32.2. The first kappa shape index (κ1) is 18.7. The zero-order valence-corrected chi connectivity index (χ0v) is 16.9. The van der Waals surface area contributed by atoms with Crippen molar-refractivity contribution >= 4 is 28.6 Å². The maximum absolute atomic E-state index is 13.4. The molecule has 1 atom stereocenters. The first-order valence-electron chi connectivity index (χ1n) is 9.58. The molecule has 28 heavy (non-hydrogen) atoms. The monoisotopic (exact) mass is 393 g/mol. The molecule has 144 valence electrons. The van der Waals surface area contributed by atoms with Crippen LogP contribution in [0, 0.1) is 13.8 Å². The van der Waals surface area contributed by atoms with Crippen LogP contribution in [0.5, 0.6) is 0 Å². The molecular weight excluding hydrogens is 370 g/mol. The lowest BCUT2D eigenvalue weighted by Crippen LogP contribution is -2.31. The van der Waals surface area contributed by atoms with Gasteiger partial charge in [0, 0.05) is 6.54 Å². The van der Waals surface area contributed by atoms with Gasteiger partial charge in [-0.15, -0.1) is 0 Å². The molecule has 1 aliphatic rings. The Hall–Kier alpha value is -2.60. The maximum Gasteiger partial charge on any atom is 0.266 e. The van der Waals surface area contributed by atoms with Gasteiger partial charge in [-0.25, -0.2) is 4.98 Å². The van der Waals surface area contributed by atoms with Crippen LogP contribution in [-0.2, 0) is 4.79 Å². The Morgan fingerprint density at radius 2 is 1.93 bits per heavy atom. The van der Waals surface area contributed by atoms with Crippen molar-refractivity contribution in [3.63, 3.8) is 0 Å². The molecule has 5 nitrogen and oxygen atoms in total. The van der Waals surface area contributed by atoms with Crippen molar-refractivity contribution in [2.75, 3.05) is 6.54 Å². The molecule has 4 rings (SSSR count). The summed E-state index contributed by atoms with van der Waals surface area (Å²) >= 11 is 1.39. The normalized spacial score (nSPS) is 17.4. The topological polar surface area (TPSA) is 64.0 Å². The minimum atomic E-state index is -0.243. The Kier molecular flexibility index (Phi) is 5.22. The van der Waals surface area contributed by atoms with E-state index < -0.39 is 0 Å². The smallest absolute Gasteiger partial charge is 0.266 e. The number of nitrogens with one attached hydrogen (secondary N) is 1. The zero-order chi connectivity index (χ0) is 19.7. The molecule has 6 heteroatoms. The summed E-state index contributed by atoms with van der Waals surface area (Å²) in [5.41, 5.74) is 3.51. The fourth-order valence-corrected chi connectivity index (χ4v) is 4.78. The quantitative estimate of drug-likeness (QED) is 0.688. The second-order valence-corrected chi connectivity index (χ2v) is 8.41. The Morgan fingerprint density at radius 3 is 2.75 bits per heavy atom. The van der Waals surface area contributed by atoms with Crippen LogP contribution >= 0.6 is 11.8 Å². The predicted octanol–water partition coefficient (Wildman–Crippen LogP) is 3.76. The maximum atomic E-state index is 13.4. The number of carbonyl (C=O) groups excluding carboxylic acids is 1. The number of aromatic nitrogens is 2. The molecule has 1 N–H and O–H groups in total. The summed E-state index contributed by atoms with van der Waals surface area (Å²) in [6, 6.07) is 13.4. The number of thioether (sulfide) groups is 1. The summed E-state index contributed by atoms with van der Waals surface area (Å²) in [5, 5.41) is 3.87. The zero-order valence-electron chi connectivity index (χ0n) is 16.1. The van der Waals surface area contributed by atoms with Gasteiger partial charge in [-0.1, -0.05) is 48.0 Å². The number of aryl methyl sites for hydroxylation is 2. The van der Waals surface area contributed by atoms with Crippen molar-refractivity contribution < 1.29 is 4.79 Å². The largest absolute Gasteiger partial charge is 0.355 e. The number of para-hydroxylation sites is 1. The van der Waals surface area contributed by atoms with Crippen molar-refractivity contribution in [1.82, 2.24) is 14.9 Å². The van der Waals surface area contributed by atoms with Gasteiger partial charge in [0.05, 0.1) is 21.8 Å². The first-order valence-corrected chi connectivity index (χ1v) is 10.5. The van der Waals surface area contributed by atoms with Crippen molar-refractivity contribution in [3.8, 4) is 5.69 Å². The molecule has 0 aliphatic carbocycles. The molecule has 0 spiro atoms. The van der Waals surface area contributed by atoms with Gasteiger partial charge in [0.25, 0.3) is 5.56 Å². The molecular formula is C22H23N3O2S. The van der Waals surface area contributed by atoms with Crippen molar-refractivity contribution in [3.05, 3.63) is 63.9 Å². The lowest BCUT2D eigenvalue weighted by Gasteiger charge is -2.18. The summed E-state index contributed by atoms with van der Waals surface area (Å²) in [6.45, 7) is 4.74. The van der Waals surface area contributed by atoms with E-state index in [1.807, 2.05) is 44.2 Å². The minimum Gasteiger partial charge on any atom is -0.355 e. The van der Waals surface area contributed by atoms with Crippen LogP contribution in [-0.4, -0.2) is 27.3 Å². The Labute approximate surface area is 168 Å². The number of carbonyl (C=O) groups is 1. The van der Waals surface area contributed by atoms with E-state index in [1.54, 1.807) is 10.6 Å². The minimum absolute atomic E-state index is 0.0251. The van der Waals surface area contributed by atoms with Gasteiger partial charge >= 0.3 is 0 Å². The molecule has 1 aromatic heterocycles.